The molecule has 4 rings (SSSR count). The van der Waals surface area contributed by atoms with Crippen molar-refractivity contribution in [2.75, 3.05) is 42.1 Å². The number of nitrogen functional groups attached to an aromatic ring is 1. The number of hydrogen-bond donors (Lipinski definition) is 2. The summed E-state index contributed by atoms with van der Waals surface area (Å²) < 4.78 is 84.6. The molecule has 208 valence electrons. The van der Waals surface area contributed by atoms with Crippen molar-refractivity contribution < 1.29 is 35.9 Å². The van der Waals surface area contributed by atoms with Crippen LogP contribution in [0.4, 0.5) is 48.6 Å². The molecule has 0 aliphatic carbocycles. The fourth-order valence-electron chi connectivity index (χ4n) is 3.75. The van der Waals surface area contributed by atoms with Gasteiger partial charge in [-0.05, 0) is 36.4 Å². The number of aromatic nitrogens is 3. The third kappa shape index (κ3) is 7.10. The van der Waals surface area contributed by atoms with E-state index in [9.17, 15) is 31.1 Å². The van der Waals surface area contributed by atoms with Crippen molar-refractivity contribution in [1.29, 1.82) is 0 Å². The summed E-state index contributed by atoms with van der Waals surface area (Å²) in [6.07, 6.45) is -8.58. The standard InChI is InChI=1S/C23H20ClF6N7O2/c24-18-2-1-17(39-12-15-3-4-32-20(31)33-15)19(35-18)36-5-7-37(8-6-36)21(38)34-16-10-13(22(25,26)27)9-14(11-16)23(28,29)30/h1-4,9-11H,5-8,12H2,(H,34,38)(H2,31,32,33). The SMILES string of the molecule is Nc1nccc(COc2ccc(Cl)nc2N2CCN(C(=O)Nc3cc(C(F)(F)F)cc(C(F)(F)F)c3)CC2)n1. The van der Waals surface area contributed by atoms with Gasteiger partial charge in [-0.1, -0.05) is 11.6 Å². The van der Waals surface area contributed by atoms with E-state index in [1.165, 1.54) is 17.2 Å². The first-order chi connectivity index (χ1) is 18.3. The number of nitrogens with two attached hydrogens (primary N) is 1. The van der Waals surface area contributed by atoms with E-state index in [-0.39, 0.29) is 50.0 Å². The Morgan fingerprint density at radius 3 is 2.21 bits per heavy atom. The molecular weight excluding hydrogens is 556 g/mol. The van der Waals surface area contributed by atoms with Crippen molar-refractivity contribution in [2.24, 2.45) is 0 Å². The number of carbonyl (C=O) groups is 1. The number of rotatable bonds is 5. The maximum Gasteiger partial charge on any atom is 0.416 e. The second-order valence-corrected chi connectivity index (χ2v) is 8.74. The molecule has 0 bridgehead atoms. The van der Waals surface area contributed by atoms with Crippen LogP contribution in [0.2, 0.25) is 5.15 Å². The summed E-state index contributed by atoms with van der Waals surface area (Å²) in [5, 5.41) is 2.33. The van der Waals surface area contributed by atoms with Gasteiger partial charge in [0.1, 0.15) is 11.8 Å². The number of urea groups is 1. The number of carbonyl (C=O) groups excluding carboxylic acids is 1. The predicted molar refractivity (Wildman–Crippen MR) is 129 cm³/mol. The van der Waals surface area contributed by atoms with E-state index >= 15 is 0 Å². The topological polar surface area (TPSA) is 109 Å². The summed E-state index contributed by atoms with van der Waals surface area (Å²) >= 11 is 6.07. The molecular formula is C23H20ClF6N7O2. The van der Waals surface area contributed by atoms with Gasteiger partial charge in [-0.15, -0.1) is 0 Å². The minimum Gasteiger partial charge on any atom is -0.483 e. The van der Waals surface area contributed by atoms with Crippen LogP contribution in [0, 0.1) is 0 Å². The Balaban J connectivity index is 1.43. The Morgan fingerprint density at radius 2 is 1.62 bits per heavy atom. The normalized spacial score (nSPS) is 14.3. The number of alkyl halides is 6. The van der Waals surface area contributed by atoms with Crippen LogP contribution >= 0.6 is 11.6 Å². The van der Waals surface area contributed by atoms with E-state index < -0.39 is 35.2 Å². The van der Waals surface area contributed by atoms with Gasteiger partial charge in [0.05, 0.1) is 16.8 Å². The van der Waals surface area contributed by atoms with Crippen LogP contribution < -0.4 is 20.7 Å². The Kier molecular flexibility index (Phi) is 7.90. The molecule has 0 unspecified atom stereocenters. The number of piperazine rings is 1. The maximum absolute atomic E-state index is 13.1. The van der Waals surface area contributed by atoms with E-state index in [1.54, 1.807) is 17.0 Å². The molecule has 39 heavy (non-hydrogen) atoms. The maximum atomic E-state index is 13.1. The largest absolute Gasteiger partial charge is 0.483 e. The zero-order valence-corrected chi connectivity index (χ0v) is 20.6. The van der Waals surface area contributed by atoms with Crippen molar-refractivity contribution in [1.82, 2.24) is 19.9 Å². The summed E-state index contributed by atoms with van der Waals surface area (Å²) in [6, 6.07) is 4.81. The van der Waals surface area contributed by atoms with Crippen molar-refractivity contribution >= 4 is 35.1 Å². The van der Waals surface area contributed by atoms with Crippen molar-refractivity contribution in [2.45, 2.75) is 19.0 Å². The van der Waals surface area contributed by atoms with Gasteiger partial charge >= 0.3 is 18.4 Å². The van der Waals surface area contributed by atoms with E-state index in [1.807, 2.05) is 0 Å². The number of nitrogens with one attached hydrogen (secondary N) is 1. The van der Waals surface area contributed by atoms with Gasteiger partial charge in [-0.25, -0.2) is 19.7 Å². The molecule has 0 spiro atoms. The van der Waals surface area contributed by atoms with Gasteiger partial charge in [0.15, 0.2) is 11.6 Å². The number of nitrogens with zero attached hydrogens (tertiary/aromatic N) is 5. The first-order valence-electron chi connectivity index (χ1n) is 11.3. The second kappa shape index (κ2) is 11.0. The number of hydrogen-bond acceptors (Lipinski definition) is 7. The molecule has 1 aliphatic heterocycles. The minimum absolute atomic E-state index is 0.00817. The second-order valence-electron chi connectivity index (χ2n) is 8.35. The average Bonchev–Trinajstić information content (AvgIpc) is 2.87. The lowest BCUT2D eigenvalue weighted by Gasteiger charge is -2.36. The van der Waals surface area contributed by atoms with Crippen LogP contribution in [-0.2, 0) is 19.0 Å². The van der Waals surface area contributed by atoms with E-state index in [0.717, 1.165) is 0 Å². The highest BCUT2D eigenvalue weighted by atomic mass is 35.5. The van der Waals surface area contributed by atoms with E-state index in [0.29, 0.717) is 29.4 Å². The first-order valence-corrected chi connectivity index (χ1v) is 11.6. The molecule has 1 aromatic carbocycles. The molecule has 0 radical (unpaired) electrons. The van der Waals surface area contributed by atoms with Crippen LogP contribution in [-0.4, -0.2) is 52.1 Å². The fourth-order valence-corrected chi connectivity index (χ4v) is 3.89. The first kappa shape index (κ1) is 28.0. The molecule has 16 heteroatoms. The summed E-state index contributed by atoms with van der Waals surface area (Å²) in [5.74, 6) is 0.843. The van der Waals surface area contributed by atoms with Crippen LogP contribution in [0.3, 0.4) is 0 Å². The number of halogens is 7. The van der Waals surface area contributed by atoms with Gasteiger partial charge in [-0.2, -0.15) is 26.3 Å². The third-order valence-corrected chi connectivity index (χ3v) is 5.83. The molecule has 2 aromatic heterocycles. The van der Waals surface area contributed by atoms with Gasteiger partial charge < -0.3 is 25.6 Å². The van der Waals surface area contributed by atoms with Gasteiger partial charge in [0, 0.05) is 38.1 Å². The Labute approximate surface area is 222 Å². The van der Waals surface area contributed by atoms with Crippen LogP contribution in [0.25, 0.3) is 0 Å². The van der Waals surface area contributed by atoms with Gasteiger partial charge in [-0.3, -0.25) is 0 Å². The molecule has 0 atom stereocenters. The van der Waals surface area contributed by atoms with Crippen LogP contribution in [0.1, 0.15) is 16.8 Å². The zero-order valence-electron chi connectivity index (χ0n) is 19.9. The van der Waals surface area contributed by atoms with E-state index in [4.69, 9.17) is 22.1 Å². The molecule has 0 saturated carbocycles. The van der Waals surface area contributed by atoms with Crippen LogP contribution in [0.5, 0.6) is 5.75 Å². The number of benzene rings is 1. The predicted octanol–water partition coefficient (Wildman–Crippen LogP) is 5.08. The highest BCUT2D eigenvalue weighted by Gasteiger charge is 2.37. The Hall–Kier alpha value is -4.01. The zero-order chi connectivity index (χ0) is 28.4. The lowest BCUT2D eigenvalue weighted by atomic mass is 10.1. The molecule has 2 amide bonds. The number of amides is 2. The van der Waals surface area contributed by atoms with Crippen molar-refractivity contribution in [3.63, 3.8) is 0 Å². The third-order valence-electron chi connectivity index (χ3n) is 5.62. The number of ether oxygens (including phenoxy) is 1. The molecule has 3 N–H and O–H groups in total. The molecule has 3 aromatic rings. The molecule has 1 aliphatic rings. The van der Waals surface area contributed by atoms with Gasteiger partial charge in [0.2, 0.25) is 5.95 Å². The van der Waals surface area contributed by atoms with Gasteiger partial charge in [0.25, 0.3) is 0 Å². The molecule has 1 fully saturated rings. The summed E-state index contributed by atoms with van der Waals surface area (Å²) in [7, 11) is 0. The minimum atomic E-state index is -5.03. The molecule has 9 nitrogen and oxygen atoms in total. The lowest BCUT2D eigenvalue weighted by molar-refractivity contribution is -0.143. The van der Waals surface area contributed by atoms with Crippen molar-refractivity contribution in [3.05, 3.63) is 64.6 Å². The summed E-state index contributed by atoms with van der Waals surface area (Å²) in [4.78, 5) is 27.9. The fraction of sp³-hybridized carbons (Fsp3) is 0.304. The monoisotopic (exact) mass is 575 g/mol. The Morgan fingerprint density at radius 1 is 0.974 bits per heavy atom. The highest BCUT2D eigenvalue weighted by Crippen LogP contribution is 2.37. The summed E-state index contributed by atoms with van der Waals surface area (Å²) in [5.41, 5.74) is 2.43. The van der Waals surface area contributed by atoms with E-state index in [2.05, 4.69) is 20.3 Å². The summed E-state index contributed by atoms with van der Waals surface area (Å²) in [6.45, 7) is 0.699. The van der Waals surface area contributed by atoms with Crippen molar-refractivity contribution in [3.8, 4) is 5.75 Å². The highest BCUT2D eigenvalue weighted by molar-refractivity contribution is 6.29. The smallest absolute Gasteiger partial charge is 0.416 e. The molecule has 1 saturated heterocycles. The number of pyridine rings is 1. The number of anilines is 3. The quantitative estimate of drug-likeness (QED) is 0.323. The lowest BCUT2D eigenvalue weighted by Crippen LogP contribution is -2.50. The average molecular weight is 576 g/mol. The Bertz CT molecular complexity index is 1320. The molecule has 3 heterocycles. The van der Waals surface area contributed by atoms with Crippen LogP contribution in [0.15, 0.2) is 42.6 Å².